The molecule has 0 amide bonds. The van der Waals surface area contributed by atoms with Crippen LogP contribution < -0.4 is 0 Å². The summed E-state index contributed by atoms with van der Waals surface area (Å²) in [5, 5.41) is 12.1. The number of rotatable bonds is 68. The maximum Gasteiger partial charge on any atom is 0.509 e. The molecule has 0 aromatic carbocycles. The number of phosphoric acid groups is 1. The molecule has 0 bridgehead atoms. The Bertz CT molecular complexity index is 2250. The van der Waals surface area contributed by atoms with Crippen LogP contribution in [0.15, 0.2) is 62.8 Å². The number of phosphoric ester groups is 1. The van der Waals surface area contributed by atoms with Gasteiger partial charge < -0.3 is 61.9 Å². The van der Waals surface area contributed by atoms with Crippen LogP contribution in [0.2, 0.25) is 0 Å². The van der Waals surface area contributed by atoms with Crippen molar-refractivity contribution < 1.29 is 104 Å². The first-order valence-electron chi connectivity index (χ1n) is 39.2. The molecular weight excluding hydrogens is 1330 g/mol. The van der Waals surface area contributed by atoms with Crippen molar-refractivity contribution in [2.75, 3.05) is 60.0 Å². The molecule has 2 rings (SSSR count). The van der Waals surface area contributed by atoms with Crippen molar-refractivity contribution in [1.82, 2.24) is 0 Å². The van der Waals surface area contributed by atoms with Gasteiger partial charge in [0.15, 0.2) is 30.9 Å². The van der Waals surface area contributed by atoms with E-state index in [1.54, 1.807) is 7.11 Å². The van der Waals surface area contributed by atoms with Gasteiger partial charge in [0.2, 0.25) is 0 Å². The lowest BCUT2D eigenvalue weighted by Crippen LogP contribution is -2.64. The van der Waals surface area contributed by atoms with E-state index in [4.69, 9.17) is 70.4 Å². The molecule has 590 valence electrons. The minimum atomic E-state index is -4.69. The highest BCUT2D eigenvalue weighted by atomic mass is 31.2. The lowest BCUT2D eigenvalue weighted by atomic mass is 9.97. The summed E-state index contributed by atoms with van der Waals surface area (Å²) in [5.41, 5.74) is 0. The van der Waals surface area contributed by atoms with E-state index in [2.05, 4.69) is 66.2 Å². The molecule has 0 saturated carbocycles. The summed E-state index contributed by atoms with van der Waals surface area (Å²) in [6, 6.07) is 0. The van der Waals surface area contributed by atoms with Gasteiger partial charge in [-0.3, -0.25) is 28.0 Å². The van der Waals surface area contributed by atoms with Gasteiger partial charge in [-0.1, -0.05) is 257 Å². The maximum absolute atomic E-state index is 14.8. The zero-order chi connectivity index (χ0) is 74.5. The van der Waals surface area contributed by atoms with Gasteiger partial charge in [-0.15, -0.1) is 13.2 Å². The number of hydrogen-bond donors (Lipinski definition) is 1. The Hall–Kier alpha value is -4.32. The predicted octanol–water partition coefficient (Wildman–Crippen LogP) is 18.8. The van der Waals surface area contributed by atoms with E-state index in [0.717, 1.165) is 154 Å². The third-order valence-electron chi connectivity index (χ3n) is 17.9. The van der Waals surface area contributed by atoms with Gasteiger partial charge in [0.25, 0.3) is 0 Å². The second kappa shape index (κ2) is 62.8. The minimum absolute atomic E-state index is 0.0388. The largest absolute Gasteiger partial charge is 0.509 e. The van der Waals surface area contributed by atoms with Crippen LogP contribution in [-0.2, 0) is 89.4 Å². The molecule has 1 unspecified atom stereocenters. The quantitative estimate of drug-likeness (QED) is 0.0148. The Labute approximate surface area is 614 Å². The number of unbranched alkanes of at least 4 members (excludes halogenated alkanes) is 30. The van der Waals surface area contributed by atoms with Gasteiger partial charge in [-0.05, 0) is 57.8 Å². The summed E-state index contributed by atoms with van der Waals surface area (Å²) >= 11 is 0. The number of ketones is 1. The van der Waals surface area contributed by atoms with Crippen LogP contribution in [-0.4, -0.2) is 163 Å². The molecule has 0 aliphatic carbocycles. The number of hydrogen-bond acceptors (Lipinski definition) is 22. The van der Waals surface area contributed by atoms with Crippen molar-refractivity contribution >= 4 is 37.9 Å². The third-order valence-corrected chi connectivity index (χ3v) is 19.3. The topological polar surface area (TPSA) is 261 Å². The second-order valence-electron chi connectivity index (χ2n) is 26.8. The highest BCUT2D eigenvalue weighted by molar-refractivity contribution is 7.48. The molecule has 0 aromatic rings. The molecular formula is C79H137O22P. The zero-order valence-corrected chi connectivity index (χ0v) is 64.4. The highest BCUT2D eigenvalue weighted by Crippen LogP contribution is 2.53. The average molecular weight is 1470 g/mol. The van der Waals surface area contributed by atoms with Crippen LogP contribution in [0, 0.1) is 0 Å². The Morgan fingerprint density at radius 3 is 1.45 bits per heavy atom. The first-order valence-corrected chi connectivity index (χ1v) is 40.7. The van der Waals surface area contributed by atoms with Crippen LogP contribution >= 0.6 is 7.82 Å². The molecule has 102 heavy (non-hydrogen) atoms. The lowest BCUT2D eigenvalue weighted by Gasteiger charge is -2.46. The number of methoxy groups -OCH3 is 1. The standard InChI is InChI=1S/C79H137O22P/c1-10-18-22-26-29-32-33-34-35-36-37-39-41-45-49-53-68(81)98-75-73(89-60-54-65(87-9)52-48-43-25-21-13-4)71(101-102(86,94-57-16-7)95-58-17-8)67(63-93-78(84)90-55-14-5)97-77(75)92-62-66-70(100-79(85)91-56-15-6)72(88-59-50-46-42-31-28-24-20-12-3)74(76(83)96-66)99-69(82)61-64(80)51-47-44-40-38-30-27-23-19-11-2/h14-17,32-33,65-67,70-77,83H,5-8,10-13,18-31,34-63H2,1-4,9H3/t65-,66-,67-,70-,71-,72+,73+,74-,75-,76?,77-/m1/s1. The molecule has 2 heterocycles. The number of esters is 2. The summed E-state index contributed by atoms with van der Waals surface area (Å²) in [4.78, 5) is 68.6. The molecule has 2 aliphatic rings. The summed E-state index contributed by atoms with van der Waals surface area (Å²) < 4.78 is 106. The number of aliphatic hydroxyl groups excluding tert-OH is 1. The van der Waals surface area contributed by atoms with Crippen LogP contribution in [0.4, 0.5) is 9.59 Å². The van der Waals surface area contributed by atoms with Crippen LogP contribution in [0.25, 0.3) is 0 Å². The third kappa shape index (κ3) is 44.6. The summed E-state index contributed by atoms with van der Waals surface area (Å²) in [7, 11) is -3.07. The van der Waals surface area contributed by atoms with E-state index in [9.17, 15) is 33.6 Å². The second-order valence-corrected chi connectivity index (χ2v) is 28.4. The van der Waals surface area contributed by atoms with Gasteiger partial charge in [-0.2, -0.15) is 0 Å². The summed E-state index contributed by atoms with van der Waals surface area (Å²) in [6.45, 7) is 21.0. The fourth-order valence-electron chi connectivity index (χ4n) is 12.2. The highest BCUT2D eigenvalue weighted by Gasteiger charge is 2.56. The lowest BCUT2D eigenvalue weighted by molar-refractivity contribution is -0.332. The smallest absolute Gasteiger partial charge is 0.454 e. The molecule has 1 N–H and O–H groups in total. The number of ether oxygens (including phenoxy) is 12. The Kier molecular flexibility index (Phi) is 57.8. The Morgan fingerprint density at radius 1 is 0.441 bits per heavy atom. The molecule has 2 saturated heterocycles. The summed E-state index contributed by atoms with van der Waals surface area (Å²) in [6.07, 6.45) is 27.7. The average Bonchev–Trinajstić information content (AvgIpc) is 0.782. The van der Waals surface area contributed by atoms with E-state index < -0.39 is 113 Å². The maximum atomic E-state index is 14.8. The van der Waals surface area contributed by atoms with Gasteiger partial charge in [0.05, 0.1) is 25.9 Å². The van der Waals surface area contributed by atoms with Gasteiger partial charge in [-0.25, -0.2) is 14.2 Å². The van der Waals surface area contributed by atoms with Crippen molar-refractivity contribution in [3.05, 3.63) is 62.8 Å². The van der Waals surface area contributed by atoms with Gasteiger partial charge in [0.1, 0.15) is 62.5 Å². The Balaban J connectivity index is 2.77. The molecule has 11 atom stereocenters. The number of carbonyl (C=O) groups is 5. The molecule has 23 heteroatoms. The van der Waals surface area contributed by atoms with Gasteiger partial charge in [0, 0.05) is 33.2 Å². The molecule has 2 fully saturated rings. The molecule has 22 nitrogen and oxygen atoms in total. The van der Waals surface area contributed by atoms with E-state index in [1.807, 2.05) is 0 Å². The number of aliphatic hydroxyl groups is 1. The SMILES string of the molecule is C=CCOC(=O)OC[C@H]1O[C@@H](OC[C@H]2OC(O)[C@H](OC(=O)CC(=O)CCCCCCCCCCC)[C@@H](OCCCCCCCCCC)[C@@H]2OC(=O)OCC=C)[C@H](OC(=O)CCCCCCCCCC=CCCCCCC)[C@@H](OCC[C@@H](CCCCCCC)OC)[C@@H]1OP(=O)(OCC=C)OCC=C. The van der Waals surface area contributed by atoms with E-state index in [-0.39, 0.29) is 64.4 Å². The monoisotopic (exact) mass is 1470 g/mol. The molecule has 0 radical (unpaired) electrons. The van der Waals surface area contributed by atoms with Crippen LogP contribution in [0.3, 0.4) is 0 Å². The van der Waals surface area contributed by atoms with Crippen molar-refractivity contribution in [2.24, 2.45) is 0 Å². The predicted molar refractivity (Wildman–Crippen MR) is 396 cm³/mol. The van der Waals surface area contributed by atoms with E-state index in [0.29, 0.717) is 32.1 Å². The fourth-order valence-corrected chi connectivity index (χ4v) is 13.5. The Morgan fingerprint density at radius 2 is 0.902 bits per heavy atom. The number of allylic oxidation sites excluding steroid dienone is 2. The normalized spacial score (nSPS) is 20.9. The van der Waals surface area contributed by atoms with Crippen LogP contribution in [0.1, 0.15) is 285 Å². The summed E-state index contributed by atoms with van der Waals surface area (Å²) in [5.74, 6) is -1.96. The van der Waals surface area contributed by atoms with E-state index in [1.165, 1.54) is 75.7 Å². The number of carbonyl (C=O) groups excluding carboxylic acids is 5. The fraction of sp³-hybridized carbons (Fsp3) is 0.810. The van der Waals surface area contributed by atoms with E-state index >= 15 is 0 Å². The van der Waals surface area contributed by atoms with Crippen molar-refractivity contribution in [3.8, 4) is 0 Å². The first kappa shape index (κ1) is 93.8. The van der Waals surface area contributed by atoms with Crippen molar-refractivity contribution in [1.29, 1.82) is 0 Å². The number of Topliss-reactive ketones (excluding diaryl/α,β-unsaturated/α-hetero) is 1. The molecule has 2 aliphatic heterocycles. The first-order chi connectivity index (χ1) is 49.7. The van der Waals surface area contributed by atoms with Crippen molar-refractivity contribution in [2.45, 2.75) is 352 Å². The van der Waals surface area contributed by atoms with Gasteiger partial charge >= 0.3 is 32.1 Å². The zero-order valence-electron chi connectivity index (χ0n) is 63.6. The van der Waals surface area contributed by atoms with Crippen LogP contribution in [0.5, 0.6) is 0 Å². The minimum Gasteiger partial charge on any atom is -0.454 e. The van der Waals surface area contributed by atoms with Crippen molar-refractivity contribution in [3.63, 3.8) is 0 Å². The molecule has 0 aromatic heterocycles. The molecule has 0 spiro atoms.